The molecule has 0 aromatic heterocycles. The highest BCUT2D eigenvalue weighted by molar-refractivity contribution is 5.86. The summed E-state index contributed by atoms with van der Waals surface area (Å²) in [6.45, 7) is 11.9. The molecule has 3 fully saturated rings. The summed E-state index contributed by atoms with van der Waals surface area (Å²) >= 11 is 0. The van der Waals surface area contributed by atoms with E-state index in [9.17, 15) is 10.1 Å². The fraction of sp³-hybridized carbons (Fsp3) is 0.632. The smallest absolute Gasteiger partial charge is 0.228 e. The molecule has 0 saturated carbocycles. The maximum absolute atomic E-state index is 12.0. The molecule has 0 bridgehead atoms. The molecule has 0 unspecified atom stereocenters. The van der Waals surface area contributed by atoms with Crippen LogP contribution in [-0.4, -0.2) is 95.1 Å². The zero-order valence-electron chi connectivity index (χ0n) is 28.7. The standard InChI is InChI=1S/C20H30N2O3.C18H26N2O2/c21-19(23)20(9-15-24-16-10-20)17-5-7-18(8-6-17)25-14-4-3-13-22-11-1-2-12-22;1-3-20(2)11-4-12-22-17-7-5-16(6-8-17)18(15-19)9-13-21-14-10-18/h5-8H,1-4,9-16H2,(H2,21,23);5-8H,3-4,9-14H2,1-2H3. The Morgan fingerprint density at radius 3 is 1.91 bits per heavy atom. The first-order chi connectivity index (χ1) is 22.9. The molecular weight excluding hydrogens is 592 g/mol. The summed E-state index contributed by atoms with van der Waals surface area (Å²) in [6, 6.07) is 18.4. The number of amides is 1. The number of likely N-dealkylation sites (tertiary alicyclic amines) is 1. The zero-order chi connectivity index (χ0) is 33.4. The van der Waals surface area contributed by atoms with Crippen LogP contribution < -0.4 is 15.2 Å². The highest BCUT2D eigenvalue weighted by Crippen LogP contribution is 2.36. The van der Waals surface area contributed by atoms with Crippen LogP contribution in [0.4, 0.5) is 0 Å². The Morgan fingerprint density at radius 2 is 1.38 bits per heavy atom. The van der Waals surface area contributed by atoms with Crippen molar-refractivity contribution in [2.45, 2.75) is 75.5 Å². The minimum atomic E-state index is -0.591. The molecule has 47 heavy (non-hydrogen) atoms. The summed E-state index contributed by atoms with van der Waals surface area (Å²) < 4.78 is 22.4. The summed E-state index contributed by atoms with van der Waals surface area (Å²) in [4.78, 5) is 16.9. The molecule has 0 atom stereocenters. The number of hydrogen-bond donors (Lipinski definition) is 1. The molecule has 258 valence electrons. The van der Waals surface area contributed by atoms with Crippen LogP contribution in [0.25, 0.3) is 0 Å². The van der Waals surface area contributed by atoms with E-state index in [2.05, 4.69) is 29.8 Å². The summed E-state index contributed by atoms with van der Waals surface area (Å²) in [5.74, 6) is 1.48. The van der Waals surface area contributed by atoms with E-state index in [1.807, 2.05) is 48.5 Å². The Morgan fingerprint density at radius 1 is 0.851 bits per heavy atom. The monoisotopic (exact) mass is 648 g/mol. The average molecular weight is 649 g/mol. The highest BCUT2D eigenvalue weighted by atomic mass is 16.5. The molecule has 1 amide bonds. The van der Waals surface area contributed by atoms with Gasteiger partial charge in [-0.2, -0.15) is 5.26 Å². The Balaban J connectivity index is 0.000000215. The third-order valence-corrected chi connectivity index (χ3v) is 10.0. The van der Waals surface area contributed by atoms with Crippen LogP contribution in [0.3, 0.4) is 0 Å². The SMILES string of the molecule is CCN(C)CCCOc1ccc(C2(C#N)CCOCC2)cc1.NC(=O)C1(c2ccc(OCCCCN3CCCC3)cc2)CCOCC1. The summed E-state index contributed by atoms with van der Waals surface area (Å²) in [7, 11) is 2.12. The van der Waals surface area contributed by atoms with Crippen molar-refractivity contribution in [3.8, 4) is 17.6 Å². The first-order valence-corrected chi connectivity index (χ1v) is 17.6. The number of nitrogens with two attached hydrogens (primary N) is 1. The van der Waals surface area contributed by atoms with Crippen molar-refractivity contribution in [1.82, 2.24) is 9.80 Å². The summed E-state index contributed by atoms with van der Waals surface area (Å²) in [5.41, 5.74) is 6.79. The Kier molecular flexibility index (Phi) is 14.8. The van der Waals surface area contributed by atoms with Crippen LogP contribution >= 0.6 is 0 Å². The molecule has 3 heterocycles. The van der Waals surface area contributed by atoms with E-state index in [0.29, 0.717) is 39.3 Å². The second-order valence-electron chi connectivity index (χ2n) is 13.1. The first-order valence-electron chi connectivity index (χ1n) is 17.6. The maximum atomic E-state index is 12.0. The number of ether oxygens (including phenoxy) is 4. The second-order valence-corrected chi connectivity index (χ2v) is 13.1. The van der Waals surface area contributed by atoms with E-state index in [0.717, 1.165) is 74.6 Å². The summed E-state index contributed by atoms with van der Waals surface area (Å²) in [5, 5.41) is 9.57. The topological polar surface area (TPSA) is 110 Å². The van der Waals surface area contributed by atoms with Crippen molar-refractivity contribution < 1.29 is 23.7 Å². The molecule has 0 spiro atoms. The van der Waals surface area contributed by atoms with Crippen molar-refractivity contribution >= 4 is 5.91 Å². The summed E-state index contributed by atoms with van der Waals surface area (Å²) in [6.07, 6.45) is 8.82. The molecule has 0 radical (unpaired) electrons. The van der Waals surface area contributed by atoms with Crippen LogP contribution in [0, 0.1) is 11.3 Å². The minimum absolute atomic E-state index is 0.258. The lowest BCUT2D eigenvalue weighted by molar-refractivity contribution is -0.127. The number of rotatable bonds is 15. The molecule has 9 heteroatoms. The lowest BCUT2D eigenvalue weighted by Gasteiger charge is -2.34. The van der Waals surface area contributed by atoms with Crippen LogP contribution in [-0.2, 0) is 25.1 Å². The molecule has 3 saturated heterocycles. The fourth-order valence-corrected chi connectivity index (χ4v) is 6.64. The maximum Gasteiger partial charge on any atom is 0.228 e. The van der Waals surface area contributed by atoms with Gasteiger partial charge in [0.1, 0.15) is 11.5 Å². The van der Waals surface area contributed by atoms with Gasteiger partial charge in [-0.05, 0) is 126 Å². The van der Waals surface area contributed by atoms with Crippen LogP contribution in [0.15, 0.2) is 48.5 Å². The number of hydrogen-bond acceptors (Lipinski definition) is 8. The molecular formula is C38H56N4O5. The van der Waals surface area contributed by atoms with Gasteiger partial charge in [-0.15, -0.1) is 0 Å². The van der Waals surface area contributed by atoms with Gasteiger partial charge in [-0.25, -0.2) is 0 Å². The second kappa shape index (κ2) is 19.0. The molecule has 2 N–H and O–H groups in total. The molecule has 3 aliphatic heterocycles. The van der Waals surface area contributed by atoms with E-state index >= 15 is 0 Å². The van der Waals surface area contributed by atoms with Gasteiger partial charge >= 0.3 is 0 Å². The van der Waals surface area contributed by atoms with E-state index in [1.165, 1.54) is 38.9 Å². The van der Waals surface area contributed by atoms with Gasteiger partial charge in [0.25, 0.3) is 0 Å². The number of unbranched alkanes of at least 4 members (excludes halogenated alkanes) is 1. The van der Waals surface area contributed by atoms with Crippen molar-refractivity contribution in [1.29, 1.82) is 5.26 Å². The van der Waals surface area contributed by atoms with Gasteiger partial charge in [-0.1, -0.05) is 31.2 Å². The molecule has 2 aromatic rings. The predicted molar refractivity (Wildman–Crippen MR) is 185 cm³/mol. The van der Waals surface area contributed by atoms with Crippen LogP contribution in [0.2, 0.25) is 0 Å². The Labute approximate surface area is 282 Å². The van der Waals surface area contributed by atoms with Gasteiger partial charge in [0.2, 0.25) is 5.91 Å². The molecule has 2 aromatic carbocycles. The Bertz CT molecular complexity index is 1230. The van der Waals surface area contributed by atoms with E-state index in [-0.39, 0.29) is 11.3 Å². The van der Waals surface area contributed by atoms with Crippen LogP contribution in [0.5, 0.6) is 11.5 Å². The third-order valence-electron chi connectivity index (χ3n) is 10.0. The van der Waals surface area contributed by atoms with Crippen LogP contribution in [0.1, 0.15) is 75.8 Å². The van der Waals surface area contributed by atoms with Crippen molar-refractivity contribution in [2.24, 2.45) is 5.73 Å². The molecule has 5 rings (SSSR count). The van der Waals surface area contributed by atoms with Crippen molar-refractivity contribution in [2.75, 3.05) is 79.4 Å². The molecule has 0 aliphatic carbocycles. The van der Waals surface area contributed by atoms with Crippen molar-refractivity contribution in [3.05, 3.63) is 59.7 Å². The largest absolute Gasteiger partial charge is 0.494 e. The molecule has 9 nitrogen and oxygen atoms in total. The zero-order valence-corrected chi connectivity index (χ0v) is 28.7. The third kappa shape index (κ3) is 10.7. The van der Waals surface area contributed by atoms with Gasteiger partial charge < -0.3 is 34.5 Å². The number of carbonyl (C=O) groups is 1. The van der Waals surface area contributed by atoms with Gasteiger partial charge in [0.05, 0.1) is 30.1 Å². The normalized spacial score (nSPS) is 18.9. The van der Waals surface area contributed by atoms with E-state index < -0.39 is 5.41 Å². The number of nitrogens with zero attached hydrogens (tertiary/aromatic N) is 3. The van der Waals surface area contributed by atoms with Gasteiger partial charge in [0.15, 0.2) is 0 Å². The van der Waals surface area contributed by atoms with Gasteiger partial charge in [0, 0.05) is 33.0 Å². The average Bonchev–Trinajstić information content (AvgIpc) is 3.65. The number of primary amides is 1. The highest BCUT2D eigenvalue weighted by Gasteiger charge is 2.40. The number of benzene rings is 2. The predicted octanol–water partition coefficient (Wildman–Crippen LogP) is 5.45. The number of nitriles is 1. The van der Waals surface area contributed by atoms with E-state index in [1.54, 1.807) is 0 Å². The fourth-order valence-electron chi connectivity index (χ4n) is 6.64. The molecule has 3 aliphatic rings. The quantitative estimate of drug-likeness (QED) is 0.254. The first kappa shape index (κ1) is 36.7. The Hall–Kier alpha value is -3.16. The lowest BCUT2D eigenvalue weighted by Crippen LogP contribution is -2.45. The van der Waals surface area contributed by atoms with E-state index in [4.69, 9.17) is 24.7 Å². The van der Waals surface area contributed by atoms with Gasteiger partial charge in [-0.3, -0.25) is 4.79 Å². The van der Waals surface area contributed by atoms with Crippen molar-refractivity contribution in [3.63, 3.8) is 0 Å². The minimum Gasteiger partial charge on any atom is -0.494 e. The lowest BCUT2D eigenvalue weighted by atomic mass is 9.73. The number of carbonyl (C=O) groups excluding carboxylic acids is 1.